The molecule has 0 fully saturated rings. The van der Waals surface area contributed by atoms with Crippen molar-refractivity contribution in [2.75, 3.05) is 0 Å². The first kappa shape index (κ1) is 53.4. The van der Waals surface area contributed by atoms with Gasteiger partial charge in [0, 0.05) is 0 Å². The fourth-order valence-electron chi connectivity index (χ4n) is 0. The molecule has 0 aliphatic carbocycles. The molecule has 45 valence electrons. The van der Waals surface area contributed by atoms with Crippen molar-refractivity contribution in [3.05, 3.63) is 0 Å². The Bertz CT molecular complexity index is 6.85. The molecule has 0 aliphatic heterocycles. The fraction of sp³-hybridized carbons (Fsp3) is 0. The molecule has 0 saturated heterocycles. The quantitative estimate of drug-likeness (QED) is 0.542. The minimum atomic E-state index is 0. The third-order valence-corrected chi connectivity index (χ3v) is 0. The van der Waals surface area contributed by atoms with Gasteiger partial charge in [0.15, 0.2) is 0 Å². The van der Waals surface area contributed by atoms with E-state index in [9.17, 15) is 0 Å². The zero-order valence-corrected chi connectivity index (χ0v) is 5.28. The molecule has 0 unspecified atom stereocenters. The van der Waals surface area contributed by atoms with Crippen LogP contribution in [0.4, 0.5) is 0 Å². The molecule has 0 amide bonds. The molecule has 3 nitrogen and oxygen atoms in total. The van der Waals surface area contributed by atoms with Crippen LogP contribution in [0, 0.1) is 74.2 Å². The van der Waals surface area contributed by atoms with Crippen molar-refractivity contribution < 1.29 is 90.6 Å². The Morgan fingerprint density at radius 3 is 0.600 bits per heavy atom. The monoisotopic (exact) mass is 389 g/mol. The van der Waals surface area contributed by atoms with Crippen LogP contribution in [0.2, 0.25) is 0 Å². The van der Waals surface area contributed by atoms with Gasteiger partial charge in [-0.2, -0.15) is 0 Å². The molecule has 5 heteroatoms. The predicted molar refractivity (Wildman–Crippen MR) is 2.06 cm³/mol. The summed E-state index contributed by atoms with van der Waals surface area (Å²) in [4.78, 5) is 0. The van der Waals surface area contributed by atoms with E-state index in [0.29, 0.717) is 0 Å². The molecule has 0 aromatic heterocycles. The van der Waals surface area contributed by atoms with Gasteiger partial charge in [-0.1, -0.05) is 0 Å². The molecule has 0 spiro atoms. The summed E-state index contributed by atoms with van der Waals surface area (Å²) in [5.41, 5.74) is 0. The normalized spacial score (nSPS) is 0. The molecule has 0 aromatic rings. The van der Waals surface area contributed by atoms with Gasteiger partial charge in [0.1, 0.15) is 0 Å². The van der Waals surface area contributed by atoms with Crippen molar-refractivity contribution in [3.63, 3.8) is 0 Å². The van der Waals surface area contributed by atoms with Gasteiger partial charge in [-0.15, -0.1) is 0 Å². The summed E-state index contributed by atoms with van der Waals surface area (Å²) in [5.74, 6) is 0. The van der Waals surface area contributed by atoms with Crippen molar-refractivity contribution in [1.29, 1.82) is 0 Å². The third-order valence-electron chi connectivity index (χ3n) is 0. The van der Waals surface area contributed by atoms with Gasteiger partial charge in [-0.25, -0.2) is 0 Å². The zero-order chi connectivity index (χ0) is 0. The molecule has 1 radical (unpaired) electrons. The number of hydrogen-bond donors (Lipinski definition) is 0. The van der Waals surface area contributed by atoms with Crippen LogP contribution in [0.5, 0.6) is 0 Å². The third kappa shape index (κ3) is 21.7. The minimum Gasteiger partial charge on any atom is -2.00 e. The maximum atomic E-state index is 0. The average Bonchev–Trinajstić information content (AvgIpc) is 0. The molecule has 0 atom stereocenters. The Morgan fingerprint density at radius 1 is 0.600 bits per heavy atom. The molecule has 0 bridgehead atoms. The molecule has 0 heterocycles. The van der Waals surface area contributed by atoms with Crippen LogP contribution in [0.25, 0.3) is 0 Å². The minimum absolute atomic E-state index is 0. The first-order valence-corrected chi connectivity index (χ1v) is 0. The Hall–Kier alpha value is 2.36. The van der Waals surface area contributed by atoms with E-state index in [1.807, 2.05) is 0 Å². The first-order valence-electron chi connectivity index (χ1n) is 0. The van der Waals surface area contributed by atoms with Gasteiger partial charge in [0.2, 0.25) is 0 Å². The van der Waals surface area contributed by atoms with E-state index in [1.54, 1.807) is 0 Å². The second kappa shape index (κ2) is 32.8. The molecule has 0 N–H and O–H groups in total. The SMILES string of the molecule is [Er+3].[Lu+3].[O-2].[O-2].[O-2]. The molecular formula is ErLuO3. The van der Waals surface area contributed by atoms with Crippen LogP contribution in [-0.4, -0.2) is 0 Å². The molecular weight excluding hydrogens is 390 g/mol. The molecule has 0 saturated carbocycles. The van der Waals surface area contributed by atoms with Gasteiger partial charge < -0.3 is 16.4 Å². The number of hydrogen-bond acceptors (Lipinski definition) is 0. The van der Waals surface area contributed by atoms with Gasteiger partial charge in [-0.3, -0.25) is 0 Å². The van der Waals surface area contributed by atoms with Crippen molar-refractivity contribution in [2.24, 2.45) is 0 Å². The van der Waals surface area contributed by atoms with E-state index in [0.717, 1.165) is 0 Å². The van der Waals surface area contributed by atoms with Crippen LogP contribution in [0.3, 0.4) is 0 Å². The predicted octanol–water partition coefficient (Wildman–Crippen LogP) is -0.356. The van der Waals surface area contributed by atoms with Crippen LogP contribution in [-0.2, 0) is 16.4 Å². The standard InChI is InChI=1S/Er.Lu.3O/q2*+3;3*-2. The van der Waals surface area contributed by atoms with Gasteiger partial charge >= 0.3 is 74.2 Å². The van der Waals surface area contributed by atoms with E-state index < -0.39 is 0 Å². The summed E-state index contributed by atoms with van der Waals surface area (Å²) < 4.78 is 0. The van der Waals surface area contributed by atoms with E-state index in [1.165, 1.54) is 0 Å². The Labute approximate surface area is 88.8 Å². The largest absolute Gasteiger partial charge is 3.00 e. The topological polar surface area (TPSA) is 85.5 Å². The van der Waals surface area contributed by atoms with Crippen molar-refractivity contribution >= 4 is 0 Å². The van der Waals surface area contributed by atoms with E-state index in [2.05, 4.69) is 0 Å². The summed E-state index contributed by atoms with van der Waals surface area (Å²) in [7, 11) is 0. The molecule has 5 heavy (non-hydrogen) atoms. The summed E-state index contributed by atoms with van der Waals surface area (Å²) in [5, 5.41) is 0. The van der Waals surface area contributed by atoms with Gasteiger partial charge in [0.25, 0.3) is 0 Å². The molecule has 0 rings (SSSR count). The average molecular weight is 390 g/mol. The molecule has 0 aromatic carbocycles. The fourth-order valence-corrected chi connectivity index (χ4v) is 0. The van der Waals surface area contributed by atoms with E-state index in [-0.39, 0.29) is 90.6 Å². The molecule has 0 aliphatic rings. The Morgan fingerprint density at radius 2 is 0.600 bits per heavy atom. The van der Waals surface area contributed by atoms with E-state index in [4.69, 9.17) is 0 Å². The van der Waals surface area contributed by atoms with Crippen LogP contribution in [0.1, 0.15) is 0 Å². The number of rotatable bonds is 0. The smallest absolute Gasteiger partial charge is 2.00 e. The maximum Gasteiger partial charge on any atom is 3.00 e. The summed E-state index contributed by atoms with van der Waals surface area (Å²) in [6, 6.07) is 0. The van der Waals surface area contributed by atoms with Crippen molar-refractivity contribution in [1.82, 2.24) is 0 Å². The van der Waals surface area contributed by atoms with Gasteiger partial charge in [-0.05, 0) is 0 Å². The van der Waals surface area contributed by atoms with Crippen molar-refractivity contribution in [3.8, 4) is 0 Å². The maximum absolute atomic E-state index is 0. The Balaban J connectivity index is 0. The second-order valence-corrected chi connectivity index (χ2v) is 0. The summed E-state index contributed by atoms with van der Waals surface area (Å²) >= 11 is 0. The van der Waals surface area contributed by atoms with Crippen LogP contribution in [0.15, 0.2) is 0 Å². The van der Waals surface area contributed by atoms with Crippen LogP contribution < -0.4 is 0 Å². The van der Waals surface area contributed by atoms with E-state index >= 15 is 0 Å². The second-order valence-electron chi connectivity index (χ2n) is 0. The van der Waals surface area contributed by atoms with Crippen molar-refractivity contribution in [2.45, 2.75) is 0 Å². The van der Waals surface area contributed by atoms with Gasteiger partial charge in [0.05, 0.1) is 0 Å². The van der Waals surface area contributed by atoms with Crippen LogP contribution >= 0.6 is 0 Å². The first-order chi connectivity index (χ1) is 0. The summed E-state index contributed by atoms with van der Waals surface area (Å²) in [6.07, 6.45) is 0. The Kier molecular flexibility index (Phi) is 351. The zero-order valence-electron chi connectivity index (χ0n) is 1.77. The summed E-state index contributed by atoms with van der Waals surface area (Å²) in [6.45, 7) is 0.